The van der Waals surface area contributed by atoms with Crippen molar-refractivity contribution >= 4 is 5.91 Å². The Morgan fingerprint density at radius 1 is 1.00 bits per heavy atom. The smallest absolute Gasteiger partial charge is 0.251 e. The molecule has 196 valence electrons. The van der Waals surface area contributed by atoms with E-state index in [1.54, 1.807) is 12.1 Å². The minimum absolute atomic E-state index is 0.0474. The molecule has 0 aromatic heterocycles. The van der Waals surface area contributed by atoms with Crippen LogP contribution in [-0.2, 0) is 11.3 Å². The van der Waals surface area contributed by atoms with E-state index >= 15 is 0 Å². The topological polar surface area (TPSA) is 105 Å². The van der Waals surface area contributed by atoms with Crippen molar-refractivity contribution in [1.82, 2.24) is 5.32 Å². The summed E-state index contributed by atoms with van der Waals surface area (Å²) >= 11 is 0. The number of hydrogen-bond acceptors (Lipinski definition) is 5. The molecule has 0 radical (unpaired) electrons. The van der Waals surface area contributed by atoms with E-state index in [0.29, 0.717) is 30.8 Å². The summed E-state index contributed by atoms with van der Waals surface area (Å²) in [4.78, 5) is 11.7. The van der Waals surface area contributed by atoms with Gasteiger partial charge in [-0.1, -0.05) is 52.0 Å². The number of aliphatic hydroxyl groups is 2. The van der Waals surface area contributed by atoms with Gasteiger partial charge in [-0.25, -0.2) is 0 Å². The van der Waals surface area contributed by atoms with E-state index in [1.165, 1.54) is 6.42 Å². The van der Waals surface area contributed by atoms with Crippen LogP contribution in [-0.4, -0.2) is 48.5 Å². The molecule has 5 N–H and O–H groups in total. The molecule has 1 unspecified atom stereocenters. The second kappa shape index (κ2) is 21.8. The van der Waals surface area contributed by atoms with Gasteiger partial charge in [-0.15, -0.1) is 0 Å². The summed E-state index contributed by atoms with van der Waals surface area (Å²) in [6.45, 7) is 10.5. The molecule has 0 saturated carbocycles. The SMILES string of the molecule is CC(C)CCN.CC(C)CCO.O=C(NCCO)c1ccc(COC2CC/C=C/CCC2)cc1. The Morgan fingerprint density at radius 2 is 1.65 bits per heavy atom. The number of nitrogens with one attached hydrogen (secondary N) is 1. The molecule has 6 heteroatoms. The lowest BCUT2D eigenvalue weighted by molar-refractivity contribution is 0.0283. The van der Waals surface area contributed by atoms with Gasteiger partial charge in [0.15, 0.2) is 0 Å². The number of nitrogens with two attached hydrogens (primary N) is 1. The fourth-order valence-electron chi connectivity index (χ4n) is 3.12. The van der Waals surface area contributed by atoms with Gasteiger partial charge in [-0.05, 0) is 81.0 Å². The quantitative estimate of drug-likeness (QED) is 0.361. The summed E-state index contributed by atoms with van der Waals surface area (Å²) in [5.74, 6) is 1.26. The van der Waals surface area contributed by atoms with Crippen molar-refractivity contribution in [1.29, 1.82) is 0 Å². The molecule has 1 aromatic rings. The third kappa shape index (κ3) is 18.7. The highest BCUT2D eigenvalue weighted by Crippen LogP contribution is 2.17. The first-order valence-corrected chi connectivity index (χ1v) is 12.9. The van der Waals surface area contributed by atoms with Crippen molar-refractivity contribution < 1.29 is 19.7 Å². The molecule has 0 heterocycles. The van der Waals surface area contributed by atoms with E-state index in [0.717, 1.165) is 56.6 Å². The lowest BCUT2D eigenvalue weighted by atomic mass is 10.0. The average Bonchev–Trinajstić information content (AvgIpc) is 2.78. The van der Waals surface area contributed by atoms with Gasteiger partial charge < -0.3 is 26.0 Å². The number of carbonyl (C=O) groups excluding carboxylic acids is 1. The predicted molar refractivity (Wildman–Crippen MR) is 142 cm³/mol. The molecule has 0 spiro atoms. The molecular weight excluding hydrogens is 428 g/mol. The van der Waals surface area contributed by atoms with Crippen LogP contribution >= 0.6 is 0 Å². The largest absolute Gasteiger partial charge is 0.396 e. The Morgan fingerprint density at radius 3 is 2.15 bits per heavy atom. The Bertz CT molecular complexity index is 620. The molecule has 0 aliphatic heterocycles. The molecule has 0 fully saturated rings. The molecule has 6 nitrogen and oxygen atoms in total. The molecular formula is C28H50N2O4. The molecule has 1 aromatic carbocycles. The molecule has 2 rings (SSSR count). The molecule has 1 aliphatic rings. The molecule has 1 aliphatic carbocycles. The maximum atomic E-state index is 11.7. The highest BCUT2D eigenvalue weighted by atomic mass is 16.5. The van der Waals surface area contributed by atoms with Crippen molar-refractivity contribution in [2.24, 2.45) is 17.6 Å². The Labute approximate surface area is 208 Å². The summed E-state index contributed by atoms with van der Waals surface area (Å²) < 4.78 is 6.00. The second-order valence-corrected chi connectivity index (χ2v) is 9.47. The Balaban J connectivity index is 0.000000750. The zero-order valence-electron chi connectivity index (χ0n) is 22.0. The van der Waals surface area contributed by atoms with Crippen molar-refractivity contribution in [3.63, 3.8) is 0 Å². The minimum Gasteiger partial charge on any atom is -0.396 e. The maximum Gasteiger partial charge on any atom is 0.251 e. The van der Waals surface area contributed by atoms with Gasteiger partial charge in [0.05, 0.1) is 19.3 Å². The standard InChI is InChI=1S/C18H25NO3.C5H13N.C5H12O/c20-13-12-19-18(21)16-10-8-15(9-11-16)14-22-17-6-4-2-1-3-5-7-17;2*1-5(2)3-4-6/h1-2,8-11,17,20H,3-7,12-14H2,(H,19,21);5H,3-4,6H2,1-2H3;5-6H,3-4H2,1-2H3/b2-1+;;. The molecule has 34 heavy (non-hydrogen) atoms. The van der Waals surface area contributed by atoms with E-state index in [9.17, 15) is 4.79 Å². The van der Waals surface area contributed by atoms with Gasteiger partial charge >= 0.3 is 0 Å². The summed E-state index contributed by atoms with van der Waals surface area (Å²) in [6, 6.07) is 7.45. The fraction of sp³-hybridized carbons (Fsp3) is 0.679. The number of benzene rings is 1. The average molecular weight is 479 g/mol. The van der Waals surface area contributed by atoms with Gasteiger partial charge in [-0.2, -0.15) is 0 Å². The first-order valence-electron chi connectivity index (χ1n) is 12.9. The van der Waals surface area contributed by atoms with Crippen LogP contribution in [0.3, 0.4) is 0 Å². The van der Waals surface area contributed by atoms with Gasteiger partial charge in [-0.3, -0.25) is 4.79 Å². The second-order valence-electron chi connectivity index (χ2n) is 9.47. The number of ether oxygens (including phenoxy) is 1. The van der Waals surface area contributed by atoms with Crippen LogP contribution in [0.25, 0.3) is 0 Å². The number of amides is 1. The van der Waals surface area contributed by atoms with Crippen LogP contribution in [0.1, 0.15) is 88.6 Å². The van der Waals surface area contributed by atoms with Crippen molar-refractivity contribution in [2.45, 2.75) is 85.4 Å². The highest BCUT2D eigenvalue weighted by molar-refractivity contribution is 5.94. The van der Waals surface area contributed by atoms with Crippen LogP contribution < -0.4 is 11.1 Å². The summed E-state index contributed by atoms with van der Waals surface area (Å²) in [7, 11) is 0. The minimum atomic E-state index is -0.159. The van der Waals surface area contributed by atoms with E-state index in [1.807, 2.05) is 12.1 Å². The number of hydrogen-bond donors (Lipinski definition) is 4. The van der Waals surface area contributed by atoms with E-state index < -0.39 is 0 Å². The zero-order chi connectivity index (χ0) is 25.6. The van der Waals surface area contributed by atoms with Crippen molar-refractivity contribution in [2.75, 3.05) is 26.3 Å². The number of allylic oxidation sites excluding steroid dienone is 2. The van der Waals surface area contributed by atoms with Crippen LogP contribution in [0.2, 0.25) is 0 Å². The lowest BCUT2D eigenvalue weighted by Crippen LogP contribution is -2.26. The molecule has 1 atom stereocenters. The van der Waals surface area contributed by atoms with Gasteiger partial charge in [0, 0.05) is 18.7 Å². The maximum absolute atomic E-state index is 11.7. The Kier molecular flexibility index (Phi) is 20.7. The number of carbonyl (C=O) groups is 1. The number of rotatable bonds is 10. The molecule has 1 amide bonds. The lowest BCUT2D eigenvalue weighted by Gasteiger charge is -2.18. The van der Waals surface area contributed by atoms with Crippen molar-refractivity contribution in [3.05, 3.63) is 47.5 Å². The predicted octanol–water partition coefficient (Wildman–Crippen LogP) is 4.83. The van der Waals surface area contributed by atoms with Gasteiger partial charge in [0.1, 0.15) is 0 Å². The van der Waals surface area contributed by atoms with Crippen LogP contribution in [0.5, 0.6) is 0 Å². The summed E-state index contributed by atoms with van der Waals surface area (Å²) in [5, 5.41) is 19.6. The van der Waals surface area contributed by atoms with E-state index in [4.69, 9.17) is 20.7 Å². The number of aliphatic hydroxyl groups excluding tert-OH is 2. The van der Waals surface area contributed by atoms with Gasteiger partial charge in [0.25, 0.3) is 5.91 Å². The normalized spacial score (nSPS) is 16.4. The van der Waals surface area contributed by atoms with Crippen LogP contribution in [0.4, 0.5) is 0 Å². The molecule has 0 bridgehead atoms. The van der Waals surface area contributed by atoms with Crippen LogP contribution in [0.15, 0.2) is 36.4 Å². The first-order chi connectivity index (χ1) is 16.3. The van der Waals surface area contributed by atoms with Crippen molar-refractivity contribution in [3.8, 4) is 0 Å². The fourth-order valence-corrected chi connectivity index (χ4v) is 3.12. The third-order valence-corrected chi connectivity index (χ3v) is 5.27. The van der Waals surface area contributed by atoms with E-state index in [2.05, 4.69) is 45.2 Å². The monoisotopic (exact) mass is 478 g/mol. The first kappa shape index (κ1) is 32.3. The summed E-state index contributed by atoms with van der Waals surface area (Å²) in [5.41, 5.74) is 6.91. The highest BCUT2D eigenvalue weighted by Gasteiger charge is 2.10. The zero-order valence-corrected chi connectivity index (χ0v) is 22.0. The van der Waals surface area contributed by atoms with Crippen LogP contribution in [0, 0.1) is 11.8 Å². The Hall–Kier alpha value is -1.73. The molecule has 0 saturated heterocycles. The van der Waals surface area contributed by atoms with E-state index in [-0.39, 0.29) is 19.1 Å². The van der Waals surface area contributed by atoms with Gasteiger partial charge in [0.2, 0.25) is 0 Å². The summed E-state index contributed by atoms with van der Waals surface area (Å²) in [6.07, 6.45) is 12.5. The third-order valence-electron chi connectivity index (χ3n) is 5.27.